The number of hydrogen-bond acceptors (Lipinski definition) is 4. The van der Waals surface area contributed by atoms with Crippen molar-refractivity contribution in [1.82, 2.24) is 0 Å². The second kappa shape index (κ2) is 13.3. The van der Waals surface area contributed by atoms with Crippen LogP contribution in [-0.4, -0.2) is 11.9 Å². The Morgan fingerprint density at radius 3 is 1.83 bits per heavy atom. The molecule has 0 bridgehead atoms. The Balaban J connectivity index is 1.95. The van der Waals surface area contributed by atoms with E-state index in [2.05, 4.69) is 6.92 Å². The molecule has 29 heavy (non-hydrogen) atoms. The van der Waals surface area contributed by atoms with Gasteiger partial charge in [0.25, 0.3) is 0 Å². The maximum Gasteiger partial charge on any atom is 0.339 e. The summed E-state index contributed by atoms with van der Waals surface area (Å²) in [6.07, 6.45) is 9.68. The zero-order valence-corrected chi connectivity index (χ0v) is 17.1. The molecule has 154 valence electrons. The summed E-state index contributed by atoms with van der Waals surface area (Å²) in [4.78, 5) is 24.9. The van der Waals surface area contributed by atoms with Crippen LogP contribution >= 0.6 is 0 Å². The van der Waals surface area contributed by atoms with Crippen LogP contribution in [0.25, 0.3) is 0 Å². The molecule has 2 aromatic rings. The first-order valence-electron chi connectivity index (χ1n) is 10.4. The molecular weight excluding hydrogens is 364 g/mol. The molecule has 0 spiro atoms. The molecule has 0 N–H and O–H groups in total. The fourth-order valence-corrected chi connectivity index (χ4v) is 2.94. The van der Waals surface area contributed by atoms with Gasteiger partial charge in [-0.05, 0) is 37.1 Å². The van der Waals surface area contributed by atoms with Gasteiger partial charge in [-0.1, -0.05) is 81.8 Å². The zero-order valence-electron chi connectivity index (χ0n) is 17.1. The van der Waals surface area contributed by atoms with Crippen LogP contribution in [0.1, 0.15) is 58.3 Å². The highest BCUT2D eigenvalue weighted by Crippen LogP contribution is 2.17. The third kappa shape index (κ3) is 9.24. The van der Waals surface area contributed by atoms with E-state index in [4.69, 9.17) is 9.47 Å². The number of ether oxygens (including phenoxy) is 2. The Labute approximate surface area is 173 Å². The smallest absolute Gasteiger partial charge is 0.339 e. The minimum absolute atomic E-state index is 0.336. The minimum atomic E-state index is -0.570. The van der Waals surface area contributed by atoms with Crippen molar-refractivity contribution >= 4 is 11.9 Å². The van der Waals surface area contributed by atoms with Crippen molar-refractivity contribution in [3.8, 4) is 11.5 Å². The number of carbonyl (C=O) groups excluding carboxylic acids is 2. The van der Waals surface area contributed by atoms with Crippen LogP contribution in [0.15, 0.2) is 72.3 Å². The van der Waals surface area contributed by atoms with Gasteiger partial charge in [0.05, 0.1) is 0 Å². The van der Waals surface area contributed by atoms with Crippen molar-refractivity contribution in [1.29, 1.82) is 0 Å². The standard InChI is InChI=1S/C25H30O4/c1-2-3-4-5-6-7-10-15-21(25(27)29-23-18-13-9-14-19-23)20-24(26)28-22-16-11-8-12-17-22/h8-9,11-14,16-20H,2-7,10,15H2,1H3. The van der Waals surface area contributed by atoms with E-state index in [1.165, 1.54) is 31.8 Å². The first-order valence-corrected chi connectivity index (χ1v) is 10.4. The maximum absolute atomic E-state index is 12.6. The molecule has 0 aliphatic heterocycles. The Bertz CT molecular complexity index is 766. The normalized spacial score (nSPS) is 11.1. The first kappa shape index (κ1) is 22.4. The largest absolute Gasteiger partial charge is 0.423 e. The minimum Gasteiger partial charge on any atom is -0.423 e. The van der Waals surface area contributed by atoms with E-state index in [0.29, 0.717) is 23.5 Å². The number of carbonyl (C=O) groups is 2. The summed E-state index contributed by atoms with van der Waals surface area (Å²) < 4.78 is 10.7. The van der Waals surface area contributed by atoms with E-state index in [-0.39, 0.29) is 0 Å². The second-order valence-electron chi connectivity index (χ2n) is 6.98. The summed E-state index contributed by atoms with van der Waals surface area (Å²) in [6, 6.07) is 17.7. The van der Waals surface area contributed by atoms with Crippen molar-refractivity contribution in [3.63, 3.8) is 0 Å². The molecule has 0 saturated carbocycles. The summed E-state index contributed by atoms with van der Waals surface area (Å²) in [5.74, 6) is -0.175. The van der Waals surface area contributed by atoms with Gasteiger partial charge in [0.2, 0.25) is 0 Å². The van der Waals surface area contributed by atoms with Gasteiger partial charge in [0.15, 0.2) is 0 Å². The lowest BCUT2D eigenvalue weighted by Gasteiger charge is -2.09. The van der Waals surface area contributed by atoms with Gasteiger partial charge >= 0.3 is 11.9 Å². The second-order valence-corrected chi connectivity index (χ2v) is 6.98. The van der Waals surface area contributed by atoms with Gasteiger partial charge in [0, 0.05) is 11.6 Å². The highest BCUT2D eigenvalue weighted by Gasteiger charge is 2.15. The lowest BCUT2D eigenvalue weighted by molar-refractivity contribution is -0.132. The summed E-state index contributed by atoms with van der Waals surface area (Å²) in [5, 5.41) is 0. The topological polar surface area (TPSA) is 52.6 Å². The Morgan fingerprint density at radius 1 is 0.724 bits per heavy atom. The van der Waals surface area contributed by atoms with Crippen LogP contribution < -0.4 is 9.47 Å². The quantitative estimate of drug-likeness (QED) is 0.184. The highest BCUT2D eigenvalue weighted by atomic mass is 16.5. The molecule has 0 aromatic heterocycles. The van der Waals surface area contributed by atoms with Crippen LogP contribution in [0.4, 0.5) is 0 Å². The molecule has 0 unspecified atom stereocenters. The van der Waals surface area contributed by atoms with Crippen molar-refractivity contribution < 1.29 is 19.1 Å². The summed E-state index contributed by atoms with van der Waals surface area (Å²) >= 11 is 0. The molecule has 0 aliphatic rings. The van der Waals surface area contributed by atoms with Crippen LogP contribution in [0, 0.1) is 0 Å². The lowest BCUT2D eigenvalue weighted by Crippen LogP contribution is -2.15. The summed E-state index contributed by atoms with van der Waals surface area (Å²) in [7, 11) is 0. The predicted molar refractivity (Wildman–Crippen MR) is 115 cm³/mol. The molecule has 2 aromatic carbocycles. The SMILES string of the molecule is CCCCCCCCCC(=CC(=O)Oc1ccccc1)C(=O)Oc1ccccc1. The van der Waals surface area contributed by atoms with Crippen molar-refractivity contribution in [3.05, 3.63) is 72.3 Å². The average molecular weight is 395 g/mol. The summed E-state index contributed by atoms with van der Waals surface area (Å²) in [6.45, 7) is 2.20. The predicted octanol–water partition coefficient (Wildman–Crippen LogP) is 6.26. The number of unbranched alkanes of at least 4 members (excludes halogenated alkanes) is 6. The fourth-order valence-electron chi connectivity index (χ4n) is 2.94. The molecular formula is C25H30O4. The van der Waals surface area contributed by atoms with Gasteiger partial charge in [-0.3, -0.25) is 0 Å². The van der Waals surface area contributed by atoms with Gasteiger partial charge in [-0.25, -0.2) is 9.59 Å². The third-order valence-electron chi connectivity index (χ3n) is 4.52. The van der Waals surface area contributed by atoms with Crippen LogP contribution in [-0.2, 0) is 9.59 Å². The molecule has 0 aliphatic carbocycles. The molecule has 0 fully saturated rings. The molecule has 4 nitrogen and oxygen atoms in total. The van der Waals surface area contributed by atoms with Gasteiger partial charge in [-0.2, -0.15) is 0 Å². The Morgan fingerprint density at radius 2 is 1.24 bits per heavy atom. The highest BCUT2D eigenvalue weighted by molar-refractivity contribution is 5.97. The molecule has 0 atom stereocenters. The number of hydrogen-bond donors (Lipinski definition) is 0. The van der Waals surface area contributed by atoms with E-state index < -0.39 is 11.9 Å². The van der Waals surface area contributed by atoms with E-state index in [9.17, 15) is 9.59 Å². The monoisotopic (exact) mass is 394 g/mol. The van der Waals surface area contributed by atoms with E-state index >= 15 is 0 Å². The first-order chi connectivity index (χ1) is 14.2. The Kier molecular flexibility index (Phi) is 10.3. The van der Waals surface area contributed by atoms with E-state index in [1.54, 1.807) is 48.5 Å². The molecule has 0 radical (unpaired) electrons. The number of esters is 2. The molecule has 0 heterocycles. The van der Waals surface area contributed by atoms with E-state index in [0.717, 1.165) is 19.3 Å². The van der Waals surface area contributed by atoms with Crippen molar-refractivity contribution in [2.45, 2.75) is 58.3 Å². The molecule has 2 rings (SSSR count). The number of para-hydroxylation sites is 2. The molecule has 0 saturated heterocycles. The third-order valence-corrected chi connectivity index (χ3v) is 4.52. The maximum atomic E-state index is 12.6. The number of benzene rings is 2. The van der Waals surface area contributed by atoms with Crippen LogP contribution in [0.2, 0.25) is 0 Å². The van der Waals surface area contributed by atoms with Crippen molar-refractivity contribution in [2.75, 3.05) is 0 Å². The lowest BCUT2D eigenvalue weighted by atomic mass is 10.0. The molecule has 0 amide bonds. The molecule has 4 heteroatoms. The van der Waals surface area contributed by atoms with Crippen molar-refractivity contribution in [2.24, 2.45) is 0 Å². The average Bonchev–Trinajstić information content (AvgIpc) is 2.73. The Hall–Kier alpha value is -2.88. The van der Waals surface area contributed by atoms with Crippen LogP contribution in [0.5, 0.6) is 11.5 Å². The summed E-state index contributed by atoms with van der Waals surface area (Å²) in [5.41, 5.74) is 0.336. The fraction of sp³-hybridized carbons (Fsp3) is 0.360. The van der Waals surface area contributed by atoms with Gasteiger partial charge in [0.1, 0.15) is 11.5 Å². The van der Waals surface area contributed by atoms with Crippen LogP contribution in [0.3, 0.4) is 0 Å². The zero-order chi connectivity index (χ0) is 20.7. The van der Waals surface area contributed by atoms with Gasteiger partial charge in [-0.15, -0.1) is 0 Å². The van der Waals surface area contributed by atoms with Gasteiger partial charge < -0.3 is 9.47 Å². The van der Waals surface area contributed by atoms with E-state index in [1.807, 2.05) is 12.1 Å². The number of rotatable bonds is 12.